The maximum Gasteiger partial charge on any atom is 0.407 e. The molecule has 5 heteroatoms. The molecular formula is C19H37NO4. The van der Waals surface area contributed by atoms with E-state index in [1.54, 1.807) is 0 Å². The molecule has 0 aromatic carbocycles. The van der Waals surface area contributed by atoms with Crippen molar-refractivity contribution in [1.82, 2.24) is 5.32 Å². The number of hydrogen-bond donors (Lipinski definition) is 1. The molecule has 0 radical (unpaired) electrons. The average Bonchev–Trinajstić information content (AvgIpc) is 2.59. The minimum absolute atomic E-state index is 0.353. The molecule has 0 bridgehead atoms. The molecule has 1 N–H and O–H groups in total. The zero-order valence-corrected chi connectivity index (χ0v) is 15.9. The molecule has 24 heavy (non-hydrogen) atoms. The summed E-state index contributed by atoms with van der Waals surface area (Å²) in [7, 11) is 1.29. The fourth-order valence-electron chi connectivity index (χ4n) is 2.54. The third kappa shape index (κ3) is 13.2. The number of unbranched alkanes of at least 4 members (excludes halogenated alkanes) is 9. The van der Waals surface area contributed by atoms with Gasteiger partial charge in [0.25, 0.3) is 0 Å². The fraction of sp³-hybridized carbons (Fsp3) is 0.895. The number of ether oxygens (including phenoxy) is 2. The number of alkyl carbamates (subject to hydrolysis) is 1. The first-order valence-corrected chi connectivity index (χ1v) is 9.66. The van der Waals surface area contributed by atoms with E-state index in [4.69, 9.17) is 4.74 Å². The summed E-state index contributed by atoms with van der Waals surface area (Å²) in [6.45, 7) is 4.71. The van der Waals surface area contributed by atoms with Crippen LogP contribution >= 0.6 is 0 Å². The van der Waals surface area contributed by atoms with E-state index < -0.39 is 12.1 Å². The number of carbonyl (C=O) groups excluding carboxylic acids is 2. The van der Waals surface area contributed by atoms with E-state index in [0.717, 1.165) is 25.7 Å². The van der Waals surface area contributed by atoms with Gasteiger partial charge < -0.3 is 14.8 Å². The van der Waals surface area contributed by atoms with Gasteiger partial charge in [-0.1, -0.05) is 78.1 Å². The molecule has 0 saturated carbocycles. The van der Waals surface area contributed by atoms with Crippen LogP contribution in [0.1, 0.15) is 90.9 Å². The molecule has 0 aliphatic heterocycles. The number of hydrogen-bond acceptors (Lipinski definition) is 4. The molecule has 0 saturated heterocycles. The summed E-state index contributed by atoms with van der Waals surface area (Å²) >= 11 is 0. The molecule has 142 valence electrons. The standard InChI is InChI=1S/C19H37NO4/c1-4-6-8-9-10-11-12-13-14-16-24-18(21)17(15-7-5-2)20-19(22)23-3/h17H,4-16H2,1-3H3,(H,20,22). The fourth-order valence-corrected chi connectivity index (χ4v) is 2.54. The van der Waals surface area contributed by atoms with Gasteiger partial charge in [0.05, 0.1) is 13.7 Å². The van der Waals surface area contributed by atoms with Crippen LogP contribution in [0, 0.1) is 0 Å². The van der Waals surface area contributed by atoms with Gasteiger partial charge in [-0.3, -0.25) is 0 Å². The zero-order valence-electron chi connectivity index (χ0n) is 15.9. The van der Waals surface area contributed by atoms with Crippen LogP contribution < -0.4 is 5.32 Å². The predicted octanol–water partition coefficient (Wildman–Crippen LogP) is 4.98. The number of rotatable bonds is 15. The van der Waals surface area contributed by atoms with Gasteiger partial charge in [0.1, 0.15) is 6.04 Å². The van der Waals surface area contributed by atoms with Gasteiger partial charge in [0, 0.05) is 0 Å². The summed E-state index contributed by atoms with van der Waals surface area (Å²) < 4.78 is 9.86. The summed E-state index contributed by atoms with van der Waals surface area (Å²) in [6, 6.07) is -0.601. The lowest BCUT2D eigenvalue weighted by molar-refractivity contribution is -0.146. The second kappa shape index (κ2) is 16.6. The molecule has 0 fully saturated rings. The van der Waals surface area contributed by atoms with Crippen LogP contribution in [0.3, 0.4) is 0 Å². The van der Waals surface area contributed by atoms with Crippen LogP contribution in [0.15, 0.2) is 0 Å². The van der Waals surface area contributed by atoms with E-state index in [1.165, 1.54) is 52.1 Å². The molecule has 0 aliphatic rings. The predicted molar refractivity (Wildman–Crippen MR) is 97.0 cm³/mol. The lowest BCUT2D eigenvalue weighted by atomic mass is 10.1. The monoisotopic (exact) mass is 343 g/mol. The van der Waals surface area contributed by atoms with Crippen LogP contribution in [-0.2, 0) is 14.3 Å². The Bertz CT molecular complexity index is 320. The molecule has 0 spiro atoms. The Morgan fingerprint density at radius 3 is 1.92 bits per heavy atom. The first-order valence-electron chi connectivity index (χ1n) is 9.66. The Balaban J connectivity index is 3.73. The highest BCUT2D eigenvalue weighted by molar-refractivity contribution is 5.81. The molecule has 0 aromatic heterocycles. The van der Waals surface area contributed by atoms with Crippen LogP contribution in [0.4, 0.5) is 4.79 Å². The summed E-state index contributed by atoms with van der Waals surface area (Å²) in [4.78, 5) is 23.3. The Labute approximate surface area is 147 Å². The van der Waals surface area contributed by atoms with Crippen LogP contribution in [0.25, 0.3) is 0 Å². The highest BCUT2D eigenvalue weighted by atomic mass is 16.5. The summed E-state index contributed by atoms with van der Waals surface area (Å²) in [5.74, 6) is -0.353. The smallest absolute Gasteiger partial charge is 0.407 e. The minimum atomic E-state index is -0.601. The first-order chi connectivity index (χ1) is 11.7. The Morgan fingerprint density at radius 2 is 1.38 bits per heavy atom. The SMILES string of the molecule is CCCCCCCCCCCOC(=O)C(CCCC)NC(=O)OC. The van der Waals surface area contributed by atoms with E-state index in [0.29, 0.717) is 13.0 Å². The Kier molecular flexibility index (Phi) is 15.7. The van der Waals surface area contributed by atoms with Crippen molar-refractivity contribution in [2.45, 2.75) is 96.9 Å². The van der Waals surface area contributed by atoms with Crippen molar-refractivity contribution in [2.24, 2.45) is 0 Å². The highest BCUT2D eigenvalue weighted by Crippen LogP contribution is 2.10. The number of nitrogens with one attached hydrogen (secondary N) is 1. The normalized spacial score (nSPS) is 11.8. The Hall–Kier alpha value is -1.26. The van der Waals surface area contributed by atoms with Crippen LogP contribution in [0.5, 0.6) is 0 Å². The quantitative estimate of drug-likeness (QED) is 0.336. The van der Waals surface area contributed by atoms with Gasteiger partial charge in [-0.05, 0) is 12.8 Å². The maximum atomic E-state index is 12.0. The maximum absolute atomic E-state index is 12.0. The van der Waals surface area contributed by atoms with Gasteiger partial charge in [-0.25, -0.2) is 9.59 Å². The topological polar surface area (TPSA) is 64.6 Å². The number of carbonyl (C=O) groups is 2. The van der Waals surface area contributed by atoms with Crippen molar-refractivity contribution in [2.75, 3.05) is 13.7 Å². The van der Waals surface area contributed by atoms with Gasteiger partial charge in [-0.2, -0.15) is 0 Å². The molecule has 1 unspecified atom stereocenters. The van der Waals surface area contributed by atoms with Crippen molar-refractivity contribution >= 4 is 12.1 Å². The third-order valence-corrected chi connectivity index (χ3v) is 4.10. The summed E-state index contributed by atoms with van der Waals surface area (Å²) in [6.07, 6.45) is 12.9. The van der Waals surface area contributed by atoms with Crippen molar-refractivity contribution in [3.05, 3.63) is 0 Å². The van der Waals surface area contributed by atoms with E-state index in [2.05, 4.69) is 17.0 Å². The lowest BCUT2D eigenvalue weighted by Crippen LogP contribution is -2.41. The minimum Gasteiger partial charge on any atom is -0.464 e. The second-order valence-corrected chi connectivity index (χ2v) is 6.33. The molecule has 0 aliphatic carbocycles. The van der Waals surface area contributed by atoms with Crippen molar-refractivity contribution in [1.29, 1.82) is 0 Å². The Morgan fingerprint density at radius 1 is 0.833 bits per heavy atom. The molecule has 5 nitrogen and oxygen atoms in total. The van der Waals surface area contributed by atoms with Crippen LogP contribution in [0.2, 0.25) is 0 Å². The number of amides is 1. The number of esters is 1. The molecule has 0 heterocycles. The van der Waals surface area contributed by atoms with E-state index in [9.17, 15) is 9.59 Å². The van der Waals surface area contributed by atoms with E-state index >= 15 is 0 Å². The summed E-state index contributed by atoms with van der Waals surface area (Å²) in [5.41, 5.74) is 0. The van der Waals surface area contributed by atoms with Crippen molar-refractivity contribution in [3.63, 3.8) is 0 Å². The van der Waals surface area contributed by atoms with E-state index in [1.807, 2.05) is 6.92 Å². The van der Waals surface area contributed by atoms with Gasteiger partial charge in [0.2, 0.25) is 0 Å². The highest BCUT2D eigenvalue weighted by Gasteiger charge is 2.21. The molecule has 0 aromatic rings. The van der Waals surface area contributed by atoms with Crippen LogP contribution in [-0.4, -0.2) is 31.8 Å². The molecule has 1 atom stereocenters. The van der Waals surface area contributed by atoms with E-state index in [-0.39, 0.29) is 5.97 Å². The zero-order chi connectivity index (χ0) is 18.0. The number of methoxy groups -OCH3 is 1. The van der Waals surface area contributed by atoms with Crippen molar-refractivity contribution < 1.29 is 19.1 Å². The average molecular weight is 344 g/mol. The lowest BCUT2D eigenvalue weighted by Gasteiger charge is -2.16. The third-order valence-electron chi connectivity index (χ3n) is 4.10. The molecule has 0 rings (SSSR count). The van der Waals surface area contributed by atoms with Gasteiger partial charge >= 0.3 is 12.1 Å². The molecule has 1 amide bonds. The van der Waals surface area contributed by atoms with Crippen molar-refractivity contribution in [3.8, 4) is 0 Å². The molecular weight excluding hydrogens is 306 g/mol. The summed E-state index contributed by atoms with van der Waals surface area (Å²) in [5, 5.41) is 2.55. The largest absolute Gasteiger partial charge is 0.464 e. The van der Waals surface area contributed by atoms with Gasteiger partial charge in [0.15, 0.2) is 0 Å². The second-order valence-electron chi connectivity index (χ2n) is 6.33. The van der Waals surface area contributed by atoms with Gasteiger partial charge in [-0.15, -0.1) is 0 Å². The first kappa shape index (κ1) is 22.7.